The summed E-state index contributed by atoms with van der Waals surface area (Å²) in [5.41, 5.74) is 0. The summed E-state index contributed by atoms with van der Waals surface area (Å²) in [6, 6.07) is 2.20. The topological polar surface area (TPSA) is 42.2 Å². The highest BCUT2D eigenvalue weighted by Crippen LogP contribution is 2.10. The fraction of sp³-hybridized carbons (Fsp3) is 0.950. The summed E-state index contributed by atoms with van der Waals surface area (Å²) < 4.78 is 11.8. The van der Waals surface area contributed by atoms with Gasteiger partial charge in [-0.3, -0.25) is 0 Å². The summed E-state index contributed by atoms with van der Waals surface area (Å²) in [6.45, 7) is 6.08. The van der Waals surface area contributed by atoms with Gasteiger partial charge in [-0.25, -0.2) is 0 Å². The summed E-state index contributed by atoms with van der Waals surface area (Å²) in [5, 5.41) is 8.68. The first-order valence-electron chi connectivity index (χ1n) is 10.4. The van der Waals surface area contributed by atoms with Crippen molar-refractivity contribution in [1.29, 1.82) is 5.26 Å². The van der Waals surface area contributed by atoms with Gasteiger partial charge >= 0.3 is 7.12 Å². The molecule has 0 amide bonds. The van der Waals surface area contributed by atoms with Crippen LogP contribution in [0.15, 0.2) is 0 Å². The van der Waals surface area contributed by atoms with E-state index in [0.717, 1.165) is 38.8 Å². The molecule has 0 aromatic heterocycles. The minimum atomic E-state index is -0.107. The van der Waals surface area contributed by atoms with Gasteiger partial charge in [0.25, 0.3) is 0 Å². The van der Waals surface area contributed by atoms with E-state index in [1.807, 2.05) is 0 Å². The second-order valence-electron chi connectivity index (χ2n) is 6.76. The largest absolute Gasteiger partial charge is 0.456 e. The van der Waals surface area contributed by atoms with E-state index in [1.54, 1.807) is 0 Å². The van der Waals surface area contributed by atoms with Crippen molar-refractivity contribution < 1.29 is 9.31 Å². The van der Waals surface area contributed by atoms with Crippen molar-refractivity contribution in [2.45, 2.75) is 110 Å². The maximum atomic E-state index is 8.68. The Labute approximate surface area is 151 Å². The van der Waals surface area contributed by atoms with Crippen LogP contribution >= 0.6 is 0 Å². The first-order valence-corrected chi connectivity index (χ1v) is 10.4. The van der Waals surface area contributed by atoms with Crippen molar-refractivity contribution in [2.24, 2.45) is 0 Å². The molecule has 0 bridgehead atoms. The van der Waals surface area contributed by atoms with Gasteiger partial charge in [-0.2, -0.15) is 5.26 Å². The predicted octanol–water partition coefficient (Wildman–Crippen LogP) is 6.53. The molecule has 0 heterocycles. The van der Waals surface area contributed by atoms with E-state index in [-0.39, 0.29) is 7.12 Å². The molecule has 0 saturated carbocycles. The minimum Gasteiger partial charge on any atom is -0.411 e. The summed E-state index contributed by atoms with van der Waals surface area (Å²) in [5.74, 6) is 0. The van der Waals surface area contributed by atoms with Crippen LogP contribution in [-0.4, -0.2) is 20.3 Å². The monoisotopic (exact) mass is 337 g/mol. The highest BCUT2D eigenvalue weighted by molar-refractivity contribution is 6.44. The molecule has 0 fully saturated rings. The van der Waals surface area contributed by atoms with Crippen LogP contribution in [-0.2, 0) is 9.31 Å². The number of unbranched alkanes of at least 4 members (excludes halogenated alkanes) is 11. The van der Waals surface area contributed by atoms with Crippen molar-refractivity contribution in [1.82, 2.24) is 0 Å². The Morgan fingerprint density at radius 3 is 1.58 bits per heavy atom. The summed E-state index contributed by atoms with van der Waals surface area (Å²) in [6.07, 6.45) is 17.7. The summed E-state index contributed by atoms with van der Waals surface area (Å²) >= 11 is 0. The van der Waals surface area contributed by atoms with Crippen LogP contribution < -0.4 is 0 Å². The lowest BCUT2D eigenvalue weighted by Gasteiger charge is -2.14. The first-order chi connectivity index (χ1) is 11.8. The molecule has 0 atom stereocenters. The van der Waals surface area contributed by atoms with E-state index in [4.69, 9.17) is 14.6 Å². The van der Waals surface area contributed by atoms with Gasteiger partial charge in [-0.05, 0) is 25.6 Å². The Balaban J connectivity index is 3.67. The predicted molar refractivity (Wildman–Crippen MR) is 104 cm³/mol. The zero-order chi connectivity index (χ0) is 17.7. The zero-order valence-electron chi connectivity index (χ0n) is 16.4. The highest BCUT2D eigenvalue weighted by Gasteiger charge is 2.17. The number of hydrogen-bond acceptors (Lipinski definition) is 3. The number of hydrogen-bond donors (Lipinski definition) is 0. The normalized spacial score (nSPS) is 10.7. The molecule has 0 unspecified atom stereocenters. The lowest BCUT2D eigenvalue weighted by atomic mass is 9.82. The van der Waals surface area contributed by atoms with Gasteiger partial charge in [0.1, 0.15) is 0 Å². The van der Waals surface area contributed by atoms with Crippen molar-refractivity contribution in [3.8, 4) is 6.07 Å². The molecular weight excluding hydrogens is 297 g/mol. The van der Waals surface area contributed by atoms with Crippen LogP contribution in [0, 0.1) is 11.3 Å². The fourth-order valence-corrected chi connectivity index (χ4v) is 2.76. The Kier molecular flexibility index (Phi) is 20.1. The Morgan fingerprint density at radius 2 is 1.12 bits per heavy atom. The third kappa shape index (κ3) is 17.8. The number of rotatable bonds is 19. The molecule has 140 valence electrons. The van der Waals surface area contributed by atoms with Gasteiger partial charge in [0.15, 0.2) is 0 Å². The van der Waals surface area contributed by atoms with E-state index in [1.165, 1.54) is 64.2 Å². The van der Waals surface area contributed by atoms with Gasteiger partial charge in [0.2, 0.25) is 0 Å². The van der Waals surface area contributed by atoms with Crippen LogP contribution in [0.25, 0.3) is 0 Å². The third-order valence-corrected chi connectivity index (χ3v) is 4.33. The quantitative estimate of drug-likeness (QED) is 0.199. The minimum absolute atomic E-state index is 0.107. The van der Waals surface area contributed by atoms with Gasteiger partial charge in [-0.1, -0.05) is 78.1 Å². The molecule has 0 N–H and O–H groups in total. The Bertz CT molecular complexity index is 263. The van der Waals surface area contributed by atoms with Gasteiger partial charge in [0.05, 0.1) is 6.07 Å². The second kappa shape index (κ2) is 20.5. The van der Waals surface area contributed by atoms with E-state index in [0.29, 0.717) is 6.42 Å². The van der Waals surface area contributed by atoms with Crippen molar-refractivity contribution in [3.05, 3.63) is 0 Å². The Hall–Kier alpha value is -0.525. The molecule has 0 aliphatic heterocycles. The molecule has 0 aliphatic carbocycles. The van der Waals surface area contributed by atoms with Gasteiger partial charge in [-0.15, -0.1) is 0 Å². The van der Waals surface area contributed by atoms with Crippen molar-refractivity contribution in [2.75, 3.05) is 13.2 Å². The maximum absolute atomic E-state index is 8.68. The molecule has 0 aromatic rings. The van der Waals surface area contributed by atoms with Crippen LogP contribution in [0.3, 0.4) is 0 Å². The smallest absolute Gasteiger partial charge is 0.411 e. The summed E-state index contributed by atoms with van der Waals surface area (Å²) in [4.78, 5) is 0. The number of nitriles is 1. The van der Waals surface area contributed by atoms with Gasteiger partial charge in [0, 0.05) is 19.6 Å². The van der Waals surface area contributed by atoms with Crippen LogP contribution in [0.5, 0.6) is 0 Å². The molecule has 0 spiro atoms. The highest BCUT2D eigenvalue weighted by atomic mass is 16.6. The average Bonchev–Trinajstić information content (AvgIpc) is 2.59. The lowest BCUT2D eigenvalue weighted by Crippen LogP contribution is -2.24. The van der Waals surface area contributed by atoms with Crippen molar-refractivity contribution in [3.63, 3.8) is 0 Å². The standard InChI is InChI=1S/C20H40BNO2/c1-3-5-7-9-11-15-19-23-21(17-13-14-18-22)24-20-16-12-10-8-6-4-2/h3-17,19-20H2,1-2H3. The average molecular weight is 337 g/mol. The molecule has 3 nitrogen and oxygen atoms in total. The molecular formula is C20H40BNO2. The second-order valence-corrected chi connectivity index (χ2v) is 6.76. The van der Waals surface area contributed by atoms with Crippen LogP contribution in [0.4, 0.5) is 0 Å². The van der Waals surface area contributed by atoms with Crippen LogP contribution in [0.2, 0.25) is 6.32 Å². The maximum Gasteiger partial charge on any atom is 0.456 e. The third-order valence-electron chi connectivity index (χ3n) is 4.33. The molecule has 0 radical (unpaired) electrons. The molecule has 4 heteroatoms. The molecule has 0 aliphatic rings. The SMILES string of the molecule is CCCCCCCCOB(CCCC#N)OCCCCCCCC. The lowest BCUT2D eigenvalue weighted by molar-refractivity contribution is 0.188. The zero-order valence-corrected chi connectivity index (χ0v) is 16.4. The Morgan fingerprint density at radius 1 is 0.667 bits per heavy atom. The fourth-order valence-electron chi connectivity index (χ4n) is 2.76. The first kappa shape index (κ1) is 23.5. The van der Waals surface area contributed by atoms with Crippen molar-refractivity contribution >= 4 is 7.12 Å². The van der Waals surface area contributed by atoms with E-state index in [2.05, 4.69) is 19.9 Å². The van der Waals surface area contributed by atoms with E-state index < -0.39 is 0 Å². The molecule has 0 rings (SSSR count). The van der Waals surface area contributed by atoms with Crippen LogP contribution in [0.1, 0.15) is 104 Å². The molecule has 0 aromatic carbocycles. The summed E-state index contributed by atoms with van der Waals surface area (Å²) in [7, 11) is -0.107. The van der Waals surface area contributed by atoms with E-state index >= 15 is 0 Å². The molecule has 0 saturated heterocycles. The molecule has 24 heavy (non-hydrogen) atoms. The van der Waals surface area contributed by atoms with Gasteiger partial charge < -0.3 is 9.31 Å². The van der Waals surface area contributed by atoms with E-state index in [9.17, 15) is 0 Å². The number of nitrogens with zero attached hydrogens (tertiary/aromatic N) is 1.